The summed E-state index contributed by atoms with van der Waals surface area (Å²) in [7, 11) is -4.26. The molecule has 2 aromatic rings. The van der Waals surface area contributed by atoms with E-state index >= 15 is 0 Å². The van der Waals surface area contributed by atoms with Crippen LogP contribution in [-0.2, 0) is 10.0 Å². The minimum Gasteiger partial charge on any atom is -0.399 e. The molecule has 3 N–H and O–H groups in total. The quantitative estimate of drug-likeness (QED) is 0.478. The Balaban J connectivity index is 2.50. The number of hydrogen-bond acceptors (Lipinski definition) is 7. The number of nitrogens with two attached hydrogens (primary N) is 1. The van der Waals surface area contributed by atoms with Gasteiger partial charge in [0.25, 0.3) is 21.4 Å². The predicted octanol–water partition coefficient (Wildman–Crippen LogP) is 1.89. The van der Waals surface area contributed by atoms with Crippen LogP contribution in [0.2, 0.25) is 0 Å². The summed E-state index contributed by atoms with van der Waals surface area (Å²) in [6.07, 6.45) is 0. The van der Waals surface area contributed by atoms with E-state index in [1.807, 2.05) is 0 Å². The summed E-state index contributed by atoms with van der Waals surface area (Å²) in [5.74, 6) is 0. The Labute approximate surface area is 129 Å². The Morgan fingerprint density at radius 1 is 0.957 bits per heavy atom. The van der Waals surface area contributed by atoms with Crippen LogP contribution in [0.4, 0.5) is 22.7 Å². The summed E-state index contributed by atoms with van der Waals surface area (Å²) in [6.45, 7) is 0. The van der Waals surface area contributed by atoms with E-state index in [9.17, 15) is 28.6 Å². The number of nitrogen functional groups attached to an aromatic ring is 1. The van der Waals surface area contributed by atoms with Gasteiger partial charge in [-0.15, -0.1) is 0 Å². The molecule has 23 heavy (non-hydrogen) atoms. The van der Waals surface area contributed by atoms with E-state index in [-0.39, 0.29) is 5.69 Å². The van der Waals surface area contributed by atoms with E-state index in [1.165, 1.54) is 24.3 Å². The van der Waals surface area contributed by atoms with Crippen LogP contribution in [0.15, 0.2) is 47.4 Å². The molecule has 0 saturated heterocycles. The lowest BCUT2D eigenvalue weighted by molar-refractivity contribution is -0.394. The second-order valence-corrected chi connectivity index (χ2v) is 6.11. The van der Waals surface area contributed by atoms with Gasteiger partial charge in [-0.3, -0.25) is 25.0 Å². The summed E-state index contributed by atoms with van der Waals surface area (Å²) in [5.41, 5.74) is 4.55. The van der Waals surface area contributed by atoms with E-state index in [2.05, 4.69) is 4.72 Å². The second-order valence-electron chi connectivity index (χ2n) is 4.43. The average Bonchev–Trinajstić information content (AvgIpc) is 2.46. The number of non-ortho nitro benzene ring substituents is 2. The number of anilines is 2. The van der Waals surface area contributed by atoms with Crippen molar-refractivity contribution in [2.24, 2.45) is 0 Å². The highest BCUT2D eigenvalue weighted by molar-refractivity contribution is 7.92. The molecule has 0 spiro atoms. The fraction of sp³-hybridized carbons (Fsp3) is 0. The number of sulfonamides is 1. The summed E-state index contributed by atoms with van der Waals surface area (Å²) >= 11 is 0. The molecule has 0 saturated carbocycles. The molecule has 0 bridgehead atoms. The lowest BCUT2D eigenvalue weighted by Gasteiger charge is -2.08. The van der Waals surface area contributed by atoms with Crippen molar-refractivity contribution < 1.29 is 18.3 Å². The first-order valence-electron chi connectivity index (χ1n) is 6.01. The number of nitro benzene ring substituents is 2. The topological polar surface area (TPSA) is 158 Å². The van der Waals surface area contributed by atoms with Crippen molar-refractivity contribution in [1.29, 1.82) is 0 Å². The first-order valence-corrected chi connectivity index (χ1v) is 7.49. The van der Waals surface area contributed by atoms with Crippen LogP contribution < -0.4 is 10.5 Å². The van der Waals surface area contributed by atoms with Crippen LogP contribution >= 0.6 is 0 Å². The SMILES string of the molecule is Nc1cccc(NS(=O)(=O)c2cc([N+](=O)[O-])cc([N+](=O)[O-])c2)c1. The number of rotatable bonds is 5. The third kappa shape index (κ3) is 3.71. The van der Waals surface area contributed by atoms with Crippen molar-refractivity contribution in [2.45, 2.75) is 4.90 Å². The molecule has 0 unspecified atom stereocenters. The monoisotopic (exact) mass is 338 g/mol. The van der Waals surface area contributed by atoms with Crippen molar-refractivity contribution >= 4 is 32.8 Å². The van der Waals surface area contributed by atoms with Gasteiger partial charge in [0.1, 0.15) is 4.90 Å². The molecule has 11 heteroatoms. The second kappa shape index (κ2) is 5.88. The van der Waals surface area contributed by atoms with Gasteiger partial charge in [-0.1, -0.05) is 6.07 Å². The standard InChI is InChI=1S/C12H10N4O6S/c13-8-2-1-3-9(4-8)14-23(21,22)12-6-10(15(17)18)5-11(7-12)16(19)20/h1-7,14H,13H2. The minimum atomic E-state index is -4.26. The van der Waals surface area contributed by atoms with Crippen molar-refractivity contribution in [3.63, 3.8) is 0 Å². The van der Waals surface area contributed by atoms with Gasteiger partial charge in [0.05, 0.1) is 21.6 Å². The van der Waals surface area contributed by atoms with E-state index < -0.39 is 36.1 Å². The average molecular weight is 338 g/mol. The number of nitrogens with one attached hydrogen (secondary N) is 1. The normalized spacial score (nSPS) is 11.0. The molecule has 2 aromatic carbocycles. The highest BCUT2D eigenvalue weighted by Gasteiger charge is 2.23. The van der Waals surface area contributed by atoms with Crippen LogP contribution in [0, 0.1) is 20.2 Å². The molecule has 2 rings (SSSR count). The highest BCUT2D eigenvalue weighted by Crippen LogP contribution is 2.27. The zero-order valence-corrected chi connectivity index (χ0v) is 12.2. The third-order valence-electron chi connectivity index (χ3n) is 2.75. The number of nitrogens with zero attached hydrogens (tertiary/aromatic N) is 2. The molecular formula is C12H10N4O6S. The van der Waals surface area contributed by atoms with Crippen molar-refractivity contribution in [3.8, 4) is 0 Å². The zero-order chi connectivity index (χ0) is 17.2. The van der Waals surface area contributed by atoms with Crippen molar-refractivity contribution in [2.75, 3.05) is 10.5 Å². The number of hydrogen-bond donors (Lipinski definition) is 2. The van der Waals surface area contributed by atoms with E-state index in [1.54, 1.807) is 0 Å². The first-order chi connectivity index (χ1) is 10.7. The van der Waals surface area contributed by atoms with Crippen LogP contribution in [0.3, 0.4) is 0 Å². The molecule has 0 aliphatic carbocycles. The lowest BCUT2D eigenvalue weighted by Crippen LogP contribution is -2.13. The molecule has 0 fully saturated rings. The Morgan fingerprint density at radius 2 is 1.52 bits per heavy atom. The van der Waals surface area contributed by atoms with Gasteiger partial charge in [-0.25, -0.2) is 8.42 Å². The summed E-state index contributed by atoms with van der Waals surface area (Å²) in [5, 5.41) is 21.6. The Kier molecular flexibility index (Phi) is 4.14. The summed E-state index contributed by atoms with van der Waals surface area (Å²) in [6, 6.07) is 7.95. The van der Waals surface area contributed by atoms with Gasteiger partial charge in [-0.05, 0) is 18.2 Å². The molecule has 0 aromatic heterocycles. The molecule has 10 nitrogen and oxygen atoms in total. The largest absolute Gasteiger partial charge is 0.399 e. The van der Waals surface area contributed by atoms with Gasteiger partial charge < -0.3 is 5.73 Å². The van der Waals surface area contributed by atoms with Crippen molar-refractivity contribution in [1.82, 2.24) is 0 Å². The van der Waals surface area contributed by atoms with Gasteiger partial charge in [0.15, 0.2) is 0 Å². The van der Waals surface area contributed by atoms with Gasteiger partial charge >= 0.3 is 0 Å². The fourth-order valence-corrected chi connectivity index (χ4v) is 2.86. The maximum atomic E-state index is 12.3. The van der Waals surface area contributed by atoms with Gasteiger partial charge in [0.2, 0.25) is 0 Å². The molecule has 0 heterocycles. The maximum absolute atomic E-state index is 12.3. The van der Waals surface area contributed by atoms with Crippen molar-refractivity contribution in [3.05, 3.63) is 62.7 Å². The molecular weight excluding hydrogens is 328 g/mol. The highest BCUT2D eigenvalue weighted by atomic mass is 32.2. The van der Waals surface area contributed by atoms with E-state index in [4.69, 9.17) is 5.73 Å². The van der Waals surface area contributed by atoms with E-state index in [0.29, 0.717) is 11.8 Å². The molecule has 0 aliphatic rings. The molecule has 0 atom stereocenters. The Hall–Kier alpha value is -3.21. The van der Waals surface area contributed by atoms with Crippen LogP contribution in [0.5, 0.6) is 0 Å². The molecule has 0 amide bonds. The smallest absolute Gasteiger partial charge is 0.277 e. The predicted molar refractivity (Wildman–Crippen MR) is 81.4 cm³/mol. The summed E-state index contributed by atoms with van der Waals surface area (Å²) < 4.78 is 26.7. The van der Waals surface area contributed by atoms with E-state index in [0.717, 1.165) is 12.1 Å². The van der Waals surface area contributed by atoms with Crippen LogP contribution in [0.1, 0.15) is 0 Å². The fourth-order valence-electron chi connectivity index (χ4n) is 1.75. The van der Waals surface area contributed by atoms with Crippen LogP contribution in [-0.4, -0.2) is 18.3 Å². The number of nitro groups is 2. The maximum Gasteiger partial charge on any atom is 0.277 e. The molecule has 0 aliphatic heterocycles. The zero-order valence-electron chi connectivity index (χ0n) is 11.4. The first kappa shape index (κ1) is 16.2. The lowest BCUT2D eigenvalue weighted by atomic mass is 10.3. The van der Waals surface area contributed by atoms with Crippen LogP contribution in [0.25, 0.3) is 0 Å². The minimum absolute atomic E-state index is 0.124. The third-order valence-corrected chi connectivity index (χ3v) is 4.11. The van der Waals surface area contributed by atoms with Gasteiger partial charge in [0, 0.05) is 17.8 Å². The van der Waals surface area contributed by atoms with Gasteiger partial charge in [-0.2, -0.15) is 0 Å². The Bertz CT molecular complexity index is 864. The summed E-state index contributed by atoms with van der Waals surface area (Å²) in [4.78, 5) is 19.2. The molecule has 0 radical (unpaired) electrons. The number of benzene rings is 2. The Morgan fingerprint density at radius 3 is 2.00 bits per heavy atom. The molecule has 120 valence electrons.